The largest absolute Gasteiger partial charge is 0.363 e. The number of nitrogens with zero attached hydrogens (tertiary/aromatic N) is 4. The van der Waals surface area contributed by atoms with E-state index < -0.39 is 0 Å². The average Bonchev–Trinajstić information content (AvgIpc) is 2.90. The minimum absolute atomic E-state index is 0.0768. The van der Waals surface area contributed by atoms with Crippen molar-refractivity contribution in [2.24, 2.45) is 5.92 Å². The molecule has 1 aromatic heterocycles. The molecule has 3 atom stereocenters. The standard InChI is InChI=1S/C14H20N4O2/c1-17(2)14(19)11-7-10-4-6-18(8-12(10)20-11)13-3-5-15-9-16-13/h3,5,9-12H,4,6-8H2,1-2H3/t10-,11-,12-/m0/s1. The zero-order valence-electron chi connectivity index (χ0n) is 11.9. The van der Waals surface area contributed by atoms with Gasteiger partial charge >= 0.3 is 0 Å². The molecular weight excluding hydrogens is 256 g/mol. The molecule has 2 aliphatic heterocycles. The van der Waals surface area contributed by atoms with Crippen LogP contribution in [0.3, 0.4) is 0 Å². The maximum absolute atomic E-state index is 12.0. The first-order valence-electron chi connectivity index (χ1n) is 7.02. The molecule has 0 spiro atoms. The SMILES string of the molecule is CN(C)C(=O)[C@@H]1C[C@@H]2CCN(c3ccncn3)C[C@@H]2O1. The van der Waals surface area contributed by atoms with Crippen molar-refractivity contribution >= 4 is 11.7 Å². The second-order valence-electron chi connectivity index (χ2n) is 5.69. The van der Waals surface area contributed by atoms with E-state index in [0.717, 1.165) is 31.7 Å². The third-order valence-corrected chi connectivity index (χ3v) is 4.16. The second-order valence-corrected chi connectivity index (χ2v) is 5.69. The predicted octanol–water partition coefficient (Wildman–Crippen LogP) is 0.549. The molecule has 2 aliphatic rings. The van der Waals surface area contributed by atoms with Crippen molar-refractivity contribution < 1.29 is 9.53 Å². The summed E-state index contributed by atoms with van der Waals surface area (Å²) in [5.41, 5.74) is 0. The van der Waals surface area contributed by atoms with E-state index in [2.05, 4.69) is 14.9 Å². The Morgan fingerprint density at radius 3 is 3.05 bits per heavy atom. The molecule has 108 valence electrons. The Labute approximate surface area is 118 Å². The molecular formula is C14H20N4O2. The summed E-state index contributed by atoms with van der Waals surface area (Å²) >= 11 is 0. The number of aromatic nitrogens is 2. The monoisotopic (exact) mass is 276 g/mol. The first-order chi connectivity index (χ1) is 9.65. The molecule has 0 unspecified atom stereocenters. The van der Waals surface area contributed by atoms with Crippen molar-refractivity contribution in [3.8, 4) is 0 Å². The molecule has 20 heavy (non-hydrogen) atoms. The molecule has 0 bridgehead atoms. The lowest BCUT2D eigenvalue weighted by Gasteiger charge is -2.34. The van der Waals surface area contributed by atoms with Gasteiger partial charge in [-0.05, 0) is 24.8 Å². The van der Waals surface area contributed by atoms with Gasteiger partial charge < -0.3 is 14.5 Å². The predicted molar refractivity (Wildman–Crippen MR) is 74.3 cm³/mol. The third-order valence-electron chi connectivity index (χ3n) is 4.16. The van der Waals surface area contributed by atoms with Crippen LogP contribution in [0.5, 0.6) is 0 Å². The minimum Gasteiger partial charge on any atom is -0.363 e. The molecule has 2 fully saturated rings. The smallest absolute Gasteiger partial charge is 0.251 e. The second kappa shape index (κ2) is 5.36. The number of likely N-dealkylation sites (N-methyl/N-ethyl adjacent to an activating group) is 1. The maximum atomic E-state index is 12.0. The summed E-state index contributed by atoms with van der Waals surface area (Å²) < 4.78 is 5.96. The number of carbonyl (C=O) groups is 1. The zero-order valence-corrected chi connectivity index (χ0v) is 11.9. The fourth-order valence-electron chi connectivity index (χ4n) is 3.06. The highest BCUT2D eigenvalue weighted by Crippen LogP contribution is 2.34. The number of fused-ring (bicyclic) bond motifs is 1. The van der Waals surface area contributed by atoms with Gasteiger partial charge in [0.05, 0.1) is 6.10 Å². The number of anilines is 1. The molecule has 1 aromatic rings. The number of piperidine rings is 1. The van der Waals surface area contributed by atoms with Crippen LogP contribution < -0.4 is 4.90 Å². The first-order valence-corrected chi connectivity index (χ1v) is 7.02. The molecule has 0 saturated carbocycles. The Bertz CT molecular complexity index is 479. The van der Waals surface area contributed by atoms with Crippen LogP contribution in [-0.4, -0.2) is 60.2 Å². The Balaban J connectivity index is 1.66. The van der Waals surface area contributed by atoms with Crippen LogP contribution in [-0.2, 0) is 9.53 Å². The van der Waals surface area contributed by atoms with E-state index in [4.69, 9.17) is 4.74 Å². The highest BCUT2D eigenvalue weighted by Gasteiger charge is 2.42. The highest BCUT2D eigenvalue weighted by atomic mass is 16.5. The highest BCUT2D eigenvalue weighted by molar-refractivity contribution is 5.80. The van der Waals surface area contributed by atoms with Gasteiger partial charge in [0.2, 0.25) is 0 Å². The Kier molecular flexibility index (Phi) is 3.56. The summed E-state index contributed by atoms with van der Waals surface area (Å²) in [5, 5.41) is 0. The molecule has 3 rings (SSSR count). The van der Waals surface area contributed by atoms with Crippen LogP contribution in [0.2, 0.25) is 0 Å². The topological polar surface area (TPSA) is 58.6 Å². The van der Waals surface area contributed by atoms with Crippen LogP contribution in [0, 0.1) is 5.92 Å². The Morgan fingerprint density at radius 1 is 1.50 bits per heavy atom. The molecule has 0 radical (unpaired) electrons. The first kappa shape index (κ1) is 13.3. The number of ether oxygens (including phenoxy) is 1. The normalized spacial score (nSPS) is 29.1. The van der Waals surface area contributed by atoms with Gasteiger partial charge in [0.1, 0.15) is 18.2 Å². The summed E-state index contributed by atoms with van der Waals surface area (Å²) in [7, 11) is 3.56. The van der Waals surface area contributed by atoms with Gasteiger partial charge in [-0.15, -0.1) is 0 Å². The molecule has 0 N–H and O–H groups in total. The van der Waals surface area contributed by atoms with E-state index in [1.54, 1.807) is 31.5 Å². The number of hydrogen-bond donors (Lipinski definition) is 0. The van der Waals surface area contributed by atoms with Gasteiger partial charge in [-0.25, -0.2) is 9.97 Å². The van der Waals surface area contributed by atoms with Gasteiger partial charge in [0, 0.05) is 33.4 Å². The van der Waals surface area contributed by atoms with E-state index in [-0.39, 0.29) is 18.1 Å². The fraction of sp³-hybridized carbons (Fsp3) is 0.643. The average molecular weight is 276 g/mol. The summed E-state index contributed by atoms with van der Waals surface area (Å²) in [6.07, 6.45) is 5.07. The van der Waals surface area contributed by atoms with Crippen LogP contribution >= 0.6 is 0 Å². The molecule has 3 heterocycles. The Morgan fingerprint density at radius 2 is 2.35 bits per heavy atom. The number of rotatable bonds is 2. The third kappa shape index (κ3) is 2.47. The van der Waals surface area contributed by atoms with Gasteiger partial charge in [-0.3, -0.25) is 4.79 Å². The van der Waals surface area contributed by atoms with E-state index in [1.165, 1.54) is 0 Å². The van der Waals surface area contributed by atoms with Gasteiger partial charge in [-0.2, -0.15) is 0 Å². The molecule has 0 aliphatic carbocycles. The fourth-order valence-corrected chi connectivity index (χ4v) is 3.06. The molecule has 6 heteroatoms. The summed E-state index contributed by atoms with van der Waals surface area (Å²) in [5.74, 6) is 1.50. The molecule has 1 amide bonds. The van der Waals surface area contributed by atoms with E-state index in [9.17, 15) is 4.79 Å². The quantitative estimate of drug-likeness (QED) is 0.789. The van der Waals surface area contributed by atoms with Crippen LogP contribution in [0.15, 0.2) is 18.6 Å². The van der Waals surface area contributed by atoms with Crippen molar-refractivity contribution in [3.63, 3.8) is 0 Å². The lowest BCUT2D eigenvalue weighted by Crippen LogP contribution is -2.43. The van der Waals surface area contributed by atoms with E-state index in [0.29, 0.717) is 5.92 Å². The van der Waals surface area contributed by atoms with Crippen molar-refractivity contribution in [3.05, 3.63) is 18.6 Å². The van der Waals surface area contributed by atoms with Crippen LogP contribution in [0.1, 0.15) is 12.8 Å². The van der Waals surface area contributed by atoms with Crippen LogP contribution in [0.4, 0.5) is 5.82 Å². The van der Waals surface area contributed by atoms with Crippen molar-refractivity contribution in [1.82, 2.24) is 14.9 Å². The number of amides is 1. The lowest BCUT2D eigenvalue weighted by atomic mass is 9.91. The van der Waals surface area contributed by atoms with E-state index in [1.807, 2.05) is 6.07 Å². The van der Waals surface area contributed by atoms with Crippen LogP contribution in [0.25, 0.3) is 0 Å². The van der Waals surface area contributed by atoms with Crippen molar-refractivity contribution in [1.29, 1.82) is 0 Å². The lowest BCUT2D eigenvalue weighted by molar-refractivity contribution is -0.140. The number of hydrogen-bond acceptors (Lipinski definition) is 5. The minimum atomic E-state index is -0.273. The zero-order chi connectivity index (χ0) is 14.1. The Hall–Kier alpha value is -1.69. The maximum Gasteiger partial charge on any atom is 0.251 e. The molecule has 2 saturated heterocycles. The van der Waals surface area contributed by atoms with E-state index >= 15 is 0 Å². The van der Waals surface area contributed by atoms with Gasteiger partial charge in [-0.1, -0.05) is 0 Å². The summed E-state index contributed by atoms with van der Waals surface area (Å²) in [4.78, 5) is 24.1. The molecule has 6 nitrogen and oxygen atoms in total. The van der Waals surface area contributed by atoms with Gasteiger partial charge in [0.25, 0.3) is 5.91 Å². The van der Waals surface area contributed by atoms with Crippen molar-refractivity contribution in [2.75, 3.05) is 32.1 Å². The summed E-state index contributed by atoms with van der Waals surface area (Å²) in [6, 6.07) is 1.91. The molecule has 0 aromatic carbocycles. The summed E-state index contributed by atoms with van der Waals surface area (Å²) in [6.45, 7) is 1.77. The van der Waals surface area contributed by atoms with Gasteiger partial charge in [0.15, 0.2) is 0 Å². The van der Waals surface area contributed by atoms with Crippen molar-refractivity contribution in [2.45, 2.75) is 25.0 Å². The number of carbonyl (C=O) groups excluding carboxylic acids is 1.